The lowest BCUT2D eigenvalue weighted by Crippen LogP contribution is -2.13. The number of nitrogens with one attached hydrogen (secondary N) is 1. The predicted octanol–water partition coefficient (Wildman–Crippen LogP) is 4.58. The molecule has 0 saturated carbocycles. The molecule has 2 rings (SSSR count). The van der Waals surface area contributed by atoms with Crippen molar-refractivity contribution in [2.24, 2.45) is 0 Å². The van der Waals surface area contributed by atoms with E-state index in [9.17, 15) is 13.2 Å². The van der Waals surface area contributed by atoms with Gasteiger partial charge in [-0.2, -0.15) is 13.2 Å². The molecule has 0 aliphatic heterocycles. The Labute approximate surface area is 124 Å². The fourth-order valence-corrected chi connectivity index (χ4v) is 2.83. The zero-order chi connectivity index (χ0) is 14.0. The Morgan fingerprint density at radius 2 is 2.05 bits per heavy atom. The fourth-order valence-electron chi connectivity index (χ4n) is 1.26. The average Bonchev–Trinajstić information content (AvgIpc) is 2.71. The number of rotatable bonds is 3. The molecule has 0 bridgehead atoms. The van der Waals surface area contributed by atoms with Crippen LogP contribution in [0.3, 0.4) is 0 Å². The first-order valence-corrected chi connectivity index (χ1v) is 6.98. The van der Waals surface area contributed by atoms with Crippen LogP contribution in [-0.2, 0) is 12.7 Å². The number of halogens is 5. The maximum atomic E-state index is 12.5. The molecule has 0 unspecified atom stereocenters. The van der Waals surface area contributed by atoms with Crippen molar-refractivity contribution < 1.29 is 13.2 Å². The van der Waals surface area contributed by atoms with Gasteiger partial charge >= 0.3 is 6.18 Å². The lowest BCUT2D eigenvalue weighted by atomic mass is 10.4. The number of nitrogens with zero attached hydrogens (tertiary/aromatic N) is 2. The first-order valence-electron chi connectivity index (χ1n) is 4.93. The van der Waals surface area contributed by atoms with Gasteiger partial charge < -0.3 is 5.32 Å². The van der Waals surface area contributed by atoms with Crippen molar-refractivity contribution in [3.63, 3.8) is 0 Å². The molecule has 2 aromatic heterocycles. The van der Waals surface area contributed by atoms with Gasteiger partial charge in [0.15, 0.2) is 0 Å². The van der Waals surface area contributed by atoms with E-state index in [1.807, 2.05) is 11.4 Å². The van der Waals surface area contributed by atoms with Crippen LogP contribution in [0.2, 0.25) is 5.15 Å². The van der Waals surface area contributed by atoms with E-state index in [1.54, 1.807) is 0 Å². The average molecular weight is 373 g/mol. The number of hydrogen-bond donors (Lipinski definition) is 1. The van der Waals surface area contributed by atoms with Crippen LogP contribution in [-0.4, -0.2) is 9.97 Å². The first-order chi connectivity index (χ1) is 8.84. The Morgan fingerprint density at radius 3 is 2.63 bits per heavy atom. The molecule has 9 heteroatoms. The molecule has 0 aromatic carbocycles. The minimum atomic E-state index is -4.62. The highest BCUT2D eigenvalue weighted by molar-refractivity contribution is 9.10. The van der Waals surface area contributed by atoms with Gasteiger partial charge in [0.2, 0.25) is 5.82 Å². The van der Waals surface area contributed by atoms with E-state index in [1.165, 1.54) is 17.4 Å². The van der Waals surface area contributed by atoms with Crippen LogP contribution in [0.15, 0.2) is 22.0 Å². The molecule has 3 nitrogen and oxygen atoms in total. The van der Waals surface area contributed by atoms with Gasteiger partial charge in [-0.3, -0.25) is 0 Å². The minimum Gasteiger partial charge on any atom is -0.365 e. The van der Waals surface area contributed by atoms with Crippen molar-refractivity contribution in [1.29, 1.82) is 0 Å². The topological polar surface area (TPSA) is 37.8 Å². The highest BCUT2D eigenvalue weighted by atomic mass is 79.9. The summed E-state index contributed by atoms with van der Waals surface area (Å²) < 4.78 is 38.4. The second-order valence-electron chi connectivity index (χ2n) is 3.48. The molecular formula is C10H6BrClF3N3S. The van der Waals surface area contributed by atoms with Gasteiger partial charge in [-0.15, -0.1) is 11.3 Å². The smallest absolute Gasteiger partial charge is 0.365 e. The number of thiophene rings is 1. The Kier molecular flexibility index (Phi) is 4.32. The van der Waals surface area contributed by atoms with E-state index in [2.05, 4.69) is 31.2 Å². The molecule has 102 valence electrons. The standard InChI is InChI=1S/C10H6BrClF3N3S/c11-5-1-6(19-4-5)3-16-8-2-7(12)17-9(18-8)10(13,14)15/h1-2,4H,3H2,(H,16,17,18). The predicted molar refractivity (Wildman–Crippen MR) is 71.4 cm³/mol. The lowest BCUT2D eigenvalue weighted by molar-refractivity contribution is -0.144. The van der Waals surface area contributed by atoms with E-state index in [-0.39, 0.29) is 11.0 Å². The number of aromatic nitrogens is 2. The van der Waals surface area contributed by atoms with Gasteiger partial charge in [-0.1, -0.05) is 11.6 Å². The highest BCUT2D eigenvalue weighted by Gasteiger charge is 2.35. The van der Waals surface area contributed by atoms with E-state index >= 15 is 0 Å². The maximum Gasteiger partial charge on any atom is 0.451 e. The molecule has 2 aromatic rings. The van der Waals surface area contributed by atoms with Crippen molar-refractivity contribution in [1.82, 2.24) is 9.97 Å². The zero-order valence-electron chi connectivity index (χ0n) is 9.13. The molecule has 0 fully saturated rings. The summed E-state index contributed by atoms with van der Waals surface area (Å²) in [5, 5.41) is 4.41. The third kappa shape index (κ3) is 4.05. The van der Waals surface area contributed by atoms with Crippen LogP contribution in [0.5, 0.6) is 0 Å². The largest absolute Gasteiger partial charge is 0.451 e. The summed E-state index contributed by atoms with van der Waals surface area (Å²) in [6.45, 7) is 0.362. The van der Waals surface area contributed by atoms with Crippen LogP contribution < -0.4 is 5.32 Å². The Morgan fingerprint density at radius 1 is 1.32 bits per heavy atom. The monoisotopic (exact) mass is 371 g/mol. The van der Waals surface area contributed by atoms with Crippen molar-refractivity contribution in [2.45, 2.75) is 12.7 Å². The minimum absolute atomic E-state index is 0.0387. The van der Waals surface area contributed by atoms with E-state index in [0.29, 0.717) is 6.54 Å². The second kappa shape index (κ2) is 5.64. The van der Waals surface area contributed by atoms with Gasteiger partial charge in [-0.05, 0) is 22.0 Å². The molecule has 0 spiro atoms. The summed E-state index contributed by atoms with van der Waals surface area (Å²) in [4.78, 5) is 7.49. The fraction of sp³-hybridized carbons (Fsp3) is 0.200. The third-order valence-electron chi connectivity index (χ3n) is 2.01. The summed E-state index contributed by atoms with van der Waals surface area (Å²) in [7, 11) is 0. The van der Waals surface area contributed by atoms with Crippen LogP contribution in [0, 0.1) is 0 Å². The second-order valence-corrected chi connectivity index (χ2v) is 5.78. The molecule has 0 atom stereocenters. The van der Waals surface area contributed by atoms with Crippen molar-refractivity contribution in [2.75, 3.05) is 5.32 Å². The molecule has 0 aliphatic rings. The quantitative estimate of drug-likeness (QED) is 0.801. The molecule has 0 radical (unpaired) electrons. The van der Waals surface area contributed by atoms with Crippen molar-refractivity contribution >= 4 is 44.7 Å². The third-order valence-corrected chi connectivity index (χ3v) is 3.91. The van der Waals surface area contributed by atoms with Gasteiger partial charge in [0.05, 0.1) is 6.54 Å². The van der Waals surface area contributed by atoms with Crippen LogP contribution in [0.25, 0.3) is 0 Å². The number of anilines is 1. The molecule has 0 amide bonds. The van der Waals surface area contributed by atoms with E-state index in [4.69, 9.17) is 11.6 Å². The Balaban J connectivity index is 2.14. The molecular weight excluding hydrogens is 367 g/mol. The van der Waals surface area contributed by atoms with E-state index < -0.39 is 12.0 Å². The normalized spacial score (nSPS) is 11.6. The SMILES string of the molecule is FC(F)(F)c1nc(Cl)cc(NCc2cc(Br)cs2)n1. The number of hydrogen-bond acceptors (Lipinski definition) is 4. The van der Waals surface area contributed by atoms with Gasteiger partial charge in [0.25, 0.3) is 0 Å². The van der Waals surface area contributed by atoms with Crippen LogP contribution >= 0.6 is 38.9 Å². The lowest BCUT2D eigenvalue weighted by Gasteiger charge is -2.08. The highest BCUT2D eigenvalue weighted by Crippen LogP contribution is 2.28. The van der Waals surface area contributed by atoms with Crippen LogP contribution in [0.1, 0.15) is 10.7 Å². The first kappa shape index (κ1) is 14.5. The summed E-state index contributed by atoms with van der Waals surface area (Å²) >= 11 is 10.3. The van der Waals surface area contributed by atoms with Gasteiger partial charge in [0, 0.05) is 20.8 Å². The Bertz CT molecular complexity index is 588. The molecule has 1 N–H and O–H groups in total. The van der Waals surface area contributed by atoms with Crippen LogP contribution in [0.4, 0.5) is 19.0 Å². The summed E-state index contributed by atoms with van der Waals surface area (Å²) in [5.41, 5.74) is 0. The zero-order valence-corrected chi connectivity index (χ0v) is 12.3. The molecule has 2 heterocycles. The summed E-state index contributed by atoms with van der Waals surface area (Å²) in [5.74, 6) is -1.22. The van der Waals surface area contributed by atoms with E-state index in [0.717, 1.165) is 9.35 Å². The molecule has 0 aliphatic carbocycles. The maximum absolute atomic E-state index is 12.5. The van der Waals surface area contributed by atoms with Crippen molar-refractivity contribution in [3.8, 4) is 0 Å². The van der Waals surface area contributed by atoms with Crippen molar-refractivity contribution in [3.05, 3.63) is 37.8 Å². The Hall–Kier alpha value is -0.860. The molecule has 0 saturated heterocycles. The van der Waals surface area contributed by atoms with Gasteiger partial charge in [0.1, 0.15) is 11.0 Å². The van der Waals surface area contributed by atoms with Gasteiger partial charge in [-0.25, -0.2) is 9.97 Å². The number of alkyl halides is 3. The molecule has 19 heavy (non-hydrogen) atoms. The summed E-state index contributed by atoms with van der Waals surface area (Å²) in [6, 6.07) is 3.12. The summed E-state index contributed by atoms with van der Waals surface area (Å²) in [6.07, 6.45) is -4.62.